The third-order valence-electron chi connectivity index (χ3n) is 3.01. The maximum absolute atomic E-state index is 6.04. The second kappa shape index (κ2) is 4.57. The fraction of sp³-hybridized carbons (Fsp3) is 0.571. The minimum Gasteiger partial charge on any atom is -0.397 e. The van der Waals surface area contributed by atoms with Gasteiger partial charge in [0.25, 0.3) is 0 Å². The summed E-state index contributed by atoms with van der Waals surface area (Å²) < 4.78 is 5.76. The minimum absolute atomic E-state index is 0.0647. The van der Waals surface area contributed by atoms with Crippen molar-refractivity contribution in [3.63, 3.8) is 0 Å². The zero-order valence-electron chi connectivity index (χ0n) is 11.0. The van der Waals surface area contributed by atoms with Crippen LogP contribution in [0.3, 0.4) is 0 Å². The van der Waals surface area contributed by atoms with E-state index in [2.05, 4.69) is 31.7 Å². The number of benzene rings is 1. The molecule has 1 heterocycles. The Balaban J connectivity index is 1.98. The van der Waals surface area contributed by atoms with Crippen molar-refractivity contribution < 1.29 is 4.74 Å². The quantitative estimate of drug-likeness (QED) is 0.816. The maximum Gasteiger partial charge on any atom is 0.0648 e. The number of hydrogen-bond donors (Lipinski definition) is 1. The molecule has 0 aromatic heterocycles. The Morgan fingerprint density at radius 1 is 1.35 bits per heavy atom. The summed E-state index contributed by atoms with van der Waals surface area (Å²) in [6, 6.07) is 6.17. The minimum atomic E-state index is -0.0647. The lowest BCUT2D eigenvalue weighted by Crippen LogP contribution is -2.30. The van der Waals surface area contributed by atoms with Crippen LogP contribution in [-0.2, 0) is 11.2 Å². The van der Waals surface area contributed by atoms with Gasteiger partial charge in [0.15, 0.2) is 0 Å². The molecule has 1 aromatic carbocycles. The molecule has 0 amide bonds. The Hall–Kier alpha value is -1.22. The van der Waals surface area contributed by atoms with E-state index in [1.54, 1.807) is 0 Å². The maximum atomic E-state index is 6.04. The Morgan fingerprint density at radius 3 is 2.82 bits per heavy atom. The predicted octanol–water partition coefficient (Wildman–Crippen LogP) is 2.45. The van der Waals surface area contributed by atoms with Crippen molar-refractivity contribution in [2.75, 3.05) is 30.3 Å². The number of nitrogens with zero attached hydrogens (tertiary/aromatic N) is 1. The number of anilines is 2. The molecule has 3 nitrogen and oxygen atoms in total. The van der Waals surface area contributed by atoms with E-state index in [0.29, 0.717) is 0 Å². The van der Waals surface area contributed by atoms with Crippen LogP contribution in [0.25, 0.3) is 0 Å². The van der Waals surface area contributed by atoms with Gasteiger partial charge in [-0.25, -0.2) is 0 Å². The molecule has 0 atom stereocenters. The molecule has 3 heteroatoms. The van der Waals surface area contributed by atoms with Crippen molar-refractivity contribution in [3.05, 3.63) is 23.8 Å². The highest BCUT2D eigenvalue weighted by Crippen LogP contribution is 2.33. The van der Waals surface area contributed by atoms with E-state index >= 15 is 0 Å². The van der Waals surface area contributed by atoms with Gasteiger partial charge in [-0.15, -0.1) is 0 Å². The van der Waals surface area contributed by atoms with Gasteiger partial charge in [0.2, 0.25) is 0 Å². The zero-order chi connectivity index (χ0) is 12.5. The summed E-state index contributed by atoms with van der Waals surface area (Å²) in [5.74, 6) is 0. The molecule has 1 aliphatic rings. The van der Waals surface area contributed by atoms with Gasteiger partial charge in [0, 0.05) is 13.1 Å². The van der Waals surface area contributed by atoms with E-state index in [0.717, 1.165) is 31.8 Å². The molecule has 0 saturated heterocycles. The molecule has 0 saturated carbocycles. The normalized spacial score (nSPS) is 15.1. The third-order valence-corrected chi connectivity index (χ3v) is 3.01. The standard InChI is InChI=1S/C14H22N2O/c1-14(2,3)17-10-9-16-8-7-11-5-4-6-12(15)13(11)16/h4-6H,7-10,15H2,1-3H3. The van der Waals surface area contributed by atoms with Crippen LogP contribution in [0.4, 0.5) is 11.4 Å². The largest absolute Gasteiger partial charge is 0.397 e. The average molecular weight is 234 g/mol. The molecule has 0 bridgehead atoms. The first-order valence-corrected chi connectivity index (χ1v) is 6.24. The number of fused-ring (bicyclic) bond motifs is 1. The lowest BCUT2D eigenvalue weighted by molar-refractivity contribution is 0.00149. The van der Waals surface area contributed by atoms with E-state index in [1.807, 2.05) is 12.1 Å². The van der Waals surface area contributed by atoms with Crippen LogP contribution < -0.4 is 10.6 Å². The van der Waals surface area contributed by atoms with Gasteiger partial charge in [-0.2, -0.15) is 0 Å². The second-order valence-corrected chi connectivity index (χ2v) is 5.55. The van der Waals surface area contributed by atoms with Crippen LogP contribution >= 0.6 is 0 Å². The Bertz CT molecular complexity index is 396. The van der Waals surface area contributed by atoms with Crippen LogP contribution in [0.15, 0.2) is 18.2 Å². The molecule has 2 N–H and O–H groups in total. The first kappa shape index (κ1) is 12.2. The number of nitrogens with two attached hydrogens (primary N) is 1. The number of ether oxygens (including phenoxy) is 1. The van der Waals surface area contributed by atoms with E-state index in [4.69, 9.17) is 10.5 Å². The summed E-state index contributed by atoms with van der Waals surface area (Å²) >= 11 is 0. The second-order valence-electron chi connectivity index (χ2n) is 5.55. The molecule has 0 aliphatic carbocycles. The summed E-state index contributed by atoms with van der Waals surface area (Å²) in [6.07, 6.45) is 1.09. The van der Waals surface area contributed by atoms with Crippen molar-refractivity contribution in [1.29, 1.82) is 0 Å². The molecule has 1 aromatic rings. The molecule has 0 spiro atoms. The molecule has 0 unspecified atom stereocenters. The van der Waals surface area contributed by atoms with Crippen molar-refractivity contribution >= 4 is 11.4 Å². The van der Waals surface area contributed by atoms with Gasteiger partial charge in [-0.05, 0) is 38.8 Å². The lowest BCUT2D eigenvalue weighted by atomic mass is 10.1. The number of hydrogen-bond acceptors (Lipinski definition) is 3. The Labute approximate surface area is 104 Å². The van der Waals surface area contributed by atoms with Gasteiger partial charge < -0.3 is 15.4 Å². The van der Waals surface area contributed by atoms with Crippen LogP contribution in [0, 0.1) is 0 Å². The van der Waals surface area contributed by atoms with E-state index in [9.17, 15) is 0 Å². The van der Waals surface area contributed by atoms with Gasteiger partial charge in [0.05, 0.1) is 23.6 Å². The van der Waals surface area contributed by atoms with Crippen molar-refractivity contribution in [1.82, 2.24) is 0 Å². The number of para-hydroxylation sites is 1. The van der Waals surface area contributed by atoms with Gasteiger partial charge in [-0.3, -0.25) is 0 Å². The predicted molar refractivity (Wildman–Crippen MR) is 72.5 cm³/mol. The van der Waals surface area contributed by atoms with E-state index in [1.165, 1.54) is 11.3 Å². The molecule has 94 valence electrons. The molecule has 0 fully saturated rings. The molecule has 17 heavy (non-hydrogen) atoms. The molecule has 0 radical (unpaired) electrons. The van der Waals surface area contributed by atoms with Crippen LogP contribution in [-0.4, -0.2) is 25.3 Å². The fourth-order valence-electron chi connectivity index (χ4n) is 2.25. The van der Waals surface area contributed by atoms with E-state index < -0.39 is 0 Å². The summed E-state index contributed by atoms with van der Waals surface area (Å²) in [7, 11) is 0. The Kier molecular flexibility index (Phi) is 3.29. The molecule has 1 aliphatic heterocycles. The van der Waals surface area contributed by atoms with Crippen molar-refractivity contribution in [3.8, 4) is 0 Å². The topological polar surface area (TPSA) is 38.5 Å². The number of rotatable bonds is 3. The number of nitrogen functional groups attached to an aromatic ring is 1. The lowest BCUT2D eigenvalue weighted by Gasteiger charge is -2.24. The highest BCUT2D eigenvalue weighted by Gasteiger charge is 2.21. The summed E-state index contributed by atoms with van der Waals surface area (Å²) in [5.41, 5.74) is 9.43. The first-order chi connectivity index (χ1) is 7.97. The average Bonchev–Trinajstić information content (AvgIpc) is 2.61. The van der Waals surface area contributed by atoms with Gasteiger partial charge in [0.1, 0.15) is 0 Å². The summed E-state index contributed by atoms with van der Waals surface area (Å²) in [5, 5.41) is 0. The summed E-state index contributed by atoms with van der Waals surface area (Å²) in [6.45, 7) is 8.96. The fourth-order valence-corrected chi connectivity index (χ4v) is 2.25. The third kappa shape index (κ3) is 2.91. The monoisotopic (exact) mass is 234 g/mol. The van der Waals surface area contributed by atoms with Crippen molar-refractivity contribution in [2.24, 2.45) is 0 Å². The summed E-state index contributed by atoms with van der Waals surface area (Å²) in [4.78, 5) is 2.33. The first-order valence-electron chi connectivity index (χ1n) is 6.24. The van der Waals surface area contributed by atoms with E-state index in [-0.39, 0.29) is 5.60 Å². The molecular formula is C14H22N2O. The highest BCUT2D eigenvalue weighted by atomic mass is 16.5. The van der Waals surface area contributed by atoms with Crippen molar-refractivity contribution in [2.45, 2.75) is 32.8 Å². The highest BCUT2D eigenvalue weighted by molar-refractivity contribution is 5.74. The zero-order valence-corrected chi connectivity index (χ0v) is 11.0. The van der Waals surface area contributed by atoms with Gasteiger partial charge >= 0.3 is 0 Å². The van der Waals surface area contributed by atoms with Crippen LogP contribution in [0.5, 0.6) is 0 Å². The smallest absolute Gasteiger partial charge is 0.0648 e. The molecular weight excluding hydrogens is 212 g/mol. The molecule has 2 rings (SSSR count). The van der Waals surface area contributed by atoms with Crippen LogP contribution in [0.2, 0.25) is 0 Å². The Morgan fingerprint density at radius 2 is 2.12 bits per heavy atom. The van der Waals surface area contributed by atoms with Gasteiger partial charge in [-0.1, -0.05) is 12.1 Å². The van der Waals surface area contributed by atoms with Crippen LogP contribution in [0.1, 0.15) is 26.3 Å². The SMILES string of the molecule is CC(C)(C)OCCN1CCc2cccc(N)c21.